The molecule has 0 radical (unpaired) electrons. The summed E-state index contributed by atoms with van der Waals surface area (Å²) in [5.74, 6) is -0.749. The Balaban J connectivity index is 2.48. The maximum absolute atomic E-state index is 11.6. The van der Waals surface area contributed by atoms with E-state index in [1.165, 1.54) is 0 Å². The quantitative estimate of drug-likeness (QED) is 0.468. The second kappa shape index (κ2) is 2.64. The van der Waals surface area contributed by atoms with Crippen molar-refractivity contribution in [3.05, 3.63) is 5.56 Å². The Morgan fingerprint density at radius 2 is 2.06 bits per heavy atom. The number of fused-ring (bicyclic) bond motifs is 1. The first-order valence-electron chi connectivity index (χ1n) is 4.11. The number of hydrogen-bond acceptors (Lipinski definition) is 7. The monoisotopic (exact) mass is 260 g/mol. The molecule has 0 aliphatic carbocycles. The van der Waals surface area contributed by atoms with Crippen molar-refractivity contribution in [1.82, 2.24) is 0 Å². The molecule has 0 spiro atoms. The molecule has 0 saturated heterocycles. The van der Waals surface area contributed by atoms with Crippen LogP contribution in [0.2, 0.25) is 0 Å². The summed E-state index contributed by atoms with van der Waals surface area (Å²) in [6, 6.07) is 0. The van der Waals surface area contributed by atoms with Crippen LogP contribution in [0.3, 0.4) is 0 Å². The average molecular weight is 260 g/mol. The van der Waals surface area contributed by atoms with Crippen LogP contribution in [-0.4, -0.2) is 21.5 Å². The second-order valence-corrected chi connectivity index (χ2v) is 5.10. The van der Waals surface area contributed by atoms with Crippen molar-refractivity contribution in [1.29, 1.82) is 0 Å². The predicted octanol–water partition coefficient (Wildman–Crippen LogP) is 1.03. The Kier molecular flexibility index (Phi) is 1.61. The molecule has 2 aromatic heterocycles. The maximum atomic E-state index is 11.6. The summed E-state index contributed by atoms with van der Waals surface area (Å²) in [7, 11) is -2.83. The Bertz CT molecular complexity index is 710. The van der Waals surface area contributed by atoms with Crippen LogP contribution in [0.1, 0.15) is 10.4 Å². The zero-order chi connectivity index (χ0) is 11.7. The van der Waals surface area contributed by atoms with Crippen molar-refractivity contribution in [2.24, 2.45) is 0 Å². The zero-order valence-corrected chi connectivity index (χ0v) is 9.52. The van der Waals surface area contributed by atoms with Crippen LogP contribution in [-0.2, 0) is 14.9 Å². The highest BCUT2D eigenvalue weighted by atomic mass is 32.2. The smallest absolute Gasteiger partial charge is 0.344 e. The van der Waals surface area contributed by atoms with Crippen molar-refractivity contribution in [2.75, 3.05) is 7.11 Å². The summed E-state index contributed by atoms with van der Waals surface area (Å²) in [4.78, 5) is 11.4. The molecule has 1 aliphatic rings. The number of rotatable bonds is 1. The van der Waals surface area contributed by atoms with E-state index in [9.17, 15) is 13.2 Å². The van der Waals surface area contributed by atoms with Crippen LogP contribution >= 0.6 is 12.6 Å². The minimum Gasteiger partial charge on any atom is -0.465 e. The number of esters is 1. The minimum atomic E-state index is -3.98. The number of thiol groups is 1. The fourth-order valence-corrected chi connectivity index (χ4v) is 3.31. The lowest BCUT2D eigenvalue weighted by molar-refractivity contribution is 0.0598. The third kappa shape index (κ3) is 0.890. The molecule has 0 unspecified atom stereocenters. The highest BCUT2D eigenvalue weighted by Crippen LogP contribution is 2.51. The molecule has 2 bridgehead atoms. The zero-order valence-electron chi connectivity index (χ0n) is 7.80. The Labute approximate surface area is 95.0 Å². The third-order valence-corrected chi connectivity index (χ3v) is 4.02. The molecule has 0 atom stereocenters. The van der Waals surface area contributed by atoms with Gasteiger partial charge in [-0.15, -0.1) is 12.6 Å². The van der Waals surface area contributed by atoms with E-state index in [2.05, 4.69) is 17.4 Å². The van der Waals surface area contributed by atoms with Crippen LogP contribution in [0.5, 0.6) is 5.75 Å². The van der Waals surface area contributed by atoms with E-state index in [1.807, 2.05) is 0 Å². The molecule has 0 amide bonds. The summed E-state index contributed by atoms with van der Waals surface area (Å²) in [6.07, 6.45) is 0. The van der Waals surface area contributed by atoms with E-state index in [0.717, 1.165) is 7.11 Å². The summed E-state index contributed by atoms with van der Waals surface area (Å²) < 4.78 is 37.5. The normalized spacial score (nSPS) is 16.6. The first kappa shape index (κ1) is 9.79. The van der Waals surface area contributed by atoms with Crippen molar-refractivity contribution in [2.45, 2.75) is 9.79 Å². The van der Waals surface area contributed by atoms with Crippen molar-refractivity contribution in [3.63, 3.8) is 0 Å². The largest absolute Gasteiger partial charge is 0.465 e. The number of carbonyl (C=O) groups is 1. The van der Waals surface area contributed by atoms with Gasteiger partial charge in [0.25, 0.3) is 0 Å². The van der Waals surface area contributed by atoms with E-state index < -0.39 is 16.1 Å². The maximum Gasteiger partial charge on any atom is 0.344 e. The molecule has 16 heavy (non-hydrogen) atoms. The van der Waals surface area contributed by atoms with E-state index in [-0.39, 0.29) is 32.3 Å². The minimum absolute atomic E-state index is 0.0281. The van der Waals surface area contributed by atoms with Gasteiger partial charge in [-0.1, -0.05) is 0 Å². The highest BCUT2D eigenvalue weighted by Gasteiger charge is 2.45. The van der Waals surface area contributed by atoms with Gasteiger partial charge in [0.15, 0.2) is 16.1 Å². The molecule has 0 N–H and O–H groups in total. The number of methoxy groups -OCH3 is 1. The van der Waals surface area contributed by atoms with Gasteiger partial charge in [0.2, 0.25) is 5.75 Å². The number of carbonyl (C=O) groups excluding carboxylic acids is 1. The van der Waals surface area contributed by atoms with Crippen LogP contribution in [0.4, 0.5) is 0 Å². The molecule has 2 aromatic rings. The Hall–Kier alpha value is -1.41. The summed E-state index contributed by atoms with van der Waals surface area (Å²) in [6.45, 7) is 0. The highest BCUT2D eigenvalue weighted by molar-refractivity contribution is 7.88. The van der Waals surface area contributed by atoms with Gasteiger partial charge < -0.3 is 13.3 Å². The van der Waals surface area contributed by atoms with Crippen LogP contribution in [0.25, 0.3) is 11.2 Å². The summed E-state index contributed by atoms with van der Waals surface area (Å²) in [5, 5.41) is 0. The lowest BCUT2D eigenvalue weighted by Crippen LogP contribution is -2.09. The van der Waals surface area contributed by atoms with Crippen molar-refractivity contribution >= 4 is 39.9 Å². The molecule has 0 aromatic carbocycles. The Morgan fingerprint density at radius 3 is 2.69 bits per heavy atom. The number of furan rings is 2. The fourth-order valence-electron chi connectivity index (χ4n) is 1.70. The van der Waals surface area contributed by atoms with Crippen LogP contribution in [0.15, 0.2) is 14.2 Å². The topological polar surface area (TPSA) is 82.8 Å². The van der Waals surface area contributed by atoms with Gasteiger partial charge in [-0.3, -0.25) is 0 Å². The van der Waals surface area contributed by atoms with Gasteiger partial charge in [0.05, 0.1) is 12.0 Å². The Morgan fingerprint density at radius 1 is 1.38 bits per heavy atom. The molecule has 0 fully saturated rings. The summed E-state index contributed by atoms with van der Waals surface area (Å²) in [5.41, 5.74) is -0.0413. The van der Waals surface area contributed by atoms with Gasteiger partial charge in [0, 0.05) is 0 Å². The first-order valence-corrected chi connectivity index (χ1v) is 5.96. The van der Waals surface area contributed by atoms with E-state index in [1.54, 1.807) is 0 Å². The van der Waals surface area contributed by atoms with Crippen LogP contribution < -0.4 is 4.18 Å². The molecule has 6 nitrogen and oxygen atoms in total. The molecule has 3 heterocycles. The summed E-state index contributed by atoms with van der Waals surface area (Å²) >= 11 is 4.04. The van der Waals surface area contributed by atoms with E-state index >= 15 is 0 Å². The van der Waals surface area contributed by atoms with Gasteiger partial charge in [-0.25, -0.2) is 4.79 Å². The standard InChI is InChI=1S/C8H4O6S2/c1-12-8(9)2-3-6(15)4-5(13-3)7(2)16(10,11)14-4/h15H,1H3. The van der Waals surface area contributed by atoms with Gasteiger partial charge in [0.1, 0.15) is 5.56 Å². The molecule has 84 valence electrons. The van der Waals surface area contributed by atoms with Crippen molar-refractivity contribution in [3.8, 4) is 5.75 Å². The third-order valence-electron chi connectivity index (χ3n) is 2.33. The lowest BCUT2D eigenvalue weighted by Gasteiger charge is -1.97. The molecule has 8 heteroatoms. The number of hydrogen-bond donors (Lipinski definition) is 1. The fraction of sp³-hybridized carbons (Fsp3) is 0.125. The van der Waals surface area contributed by atoms with Gasteiger partial charge in [-0.05, 0) is 0 Å². The van der Waals surface area contributed by atoms with Gasteiger partial charge in [-0.2, -0.15) is 8.42 Å². The van der Waals surface area contributed by atoms with E-state index in [4.69, 9.17) is 8.60 Å². The van der Waals surface area contributed by atoms with E-state index in [0.29, 0.717) is 0 Å². The predicted molar refractivity (Wildman–Crippen MR) is 53.8 cm³/mol. The lowest BCUT2D eigenvalue weighted by atomic mass is 10.2. The van der Waals surface area contributed by atoms with Crippen molar-refractivity contribution < 1.29 is 26.5 Å². The average Bonchev–Trinajstić information content (AvgIpc) is 2.80. The SMILES string of the molecule is COC(=O)c1c2c3oc1c(S)c3OS2(=O)=O. The molecular weight excluding hydrogens is 256 g/mol. The first-order chi connectivity index (χ1) is 7.47. The number of ether oxygens (including phenoxy) is 1. The molecular formula is C8H4O6S2. The molecule has 3 rings (SSSR count). The van der Waals surface area contributed by atoms with Crippen LogP contribution in [0, 0.1) is 0 Å². The number of benzene rings is 1. The second-order valence-electron chi connectivity index (χ2n) is 3.17. The van der Waals surface area contributed by atoms with Gasteiger partial charge >= 0.3 is 16.1 Å². The molecule has 0 saturated carbocycles. The molecule has 1 aliphatic heterocycles.